The molecule has 2 aromatic heterocycles. The summed E-state index contributed by atoms with van der Waals surface area (Å²) in [6.45, 7) is 5.52. The van der Waals surface area contributed by atoms with Gasteiger partial charge < -0.3 is 10.2 Å². The molecule has 1 fully saturated rings. The number of aryl methyl sites for hydroxylation is 1. The van der Waals surface area contributed by atoms with E-state index >= 15 is 0 Å². The second-order valence-corrected chi connectivity index (χ2v) is 4.81. The van der Waals surface area contributed by atoms with Crippen molar-refractivity contribution in [2.24, 2.45) is 0 Å². The third kappa shape index (κ3) is 2.87. The Morgan fingerprint density at radius 1 is 1.30 bits per heavy atom. The molecule has 0 bridgehead atoms. The maximum Gasteiger partial charge on any atom is 0.227 e. The van der Waals surface area contributed by atoms with Gasteiger partial charge in [0.15, 0.2) is 0 Å². The van der Waals surface area contributed by atoms with Gasteiger partial charge in [-0.15, -0.1) is 0 Å². The molecule has 3 heterocycles. The highest BCUT2D eigenvalue weighted by molar-refractivity contribution is 5.41. The highest BCUT2D eigenvalue weighted by Gasteiger charge is 2.14. The monoisotopic (exact) mass is 273 g/mol. The average molecular weight is 273 g/mol. The van der Waals surface area contributed by atoms with E-state index in [1.165, 1.54) is 12.8 Å². The predicted octanol–water partition coefficient (Wildman–Crippen LogP) is 1.30. The second-order valence-electron chi connectivity index (χ2n) is 4.81. The Kier molecular flexibility index (Phi) is 3.76. The van der Waals surface area contributed by atoms with Gasteiger partial charge in [0, 0.05) is 19.3 Å². The van der Waals surface area contributed by atoms with Gasteiger partial charge in [0.25, 0.3) is 0 Å². The molecule has 0 aromatic carbocycles. The van der Waals surface area contributed by atoms with Gasteiger partial charge in [-0.05, 0) is 25.8 Å². The molecule has 1 aliphatic heterocycles. The van der Waals surface area contributed by atoms with Gasteiger partial charge >= 0.3 is 0 Å². The minimum atomic E-state index is 0.621. The maximum absolute atomic E-state index is 4.55. The van der Waals surface area contributed by atoms with E-state index in [1.54, 1.807) is 17.2 Å². The Morgan fingerprint density at radius 2 is 2.15 bits per heavy atom. The molecule has 0 saturated carbocycles. The minimum absolute atomic E-state index is 0.621. The SMILES string of the molecule is CCn1ncc(CNc2ccnc(N3CCCC3)n2)n1. The Labute approximate surface area is 118 Å². The molecule has 0 unspecified atom stereocenters. The van der Waals surface area contributed by atoms with E-state index in [0.29, 0.717) is 6.54 Å². The molecule has 0 amide bonds. The van der Waals surface area contributed by atoms with Crippen molar-refractivity contribution in [2.45, 2.75) is 32.9 Å². The van der Waals surface area contributed by atoms with Crippen LogP contribution in [0.4, 0.5) is 11.8 Å². The highest BCUT2D eigenvalue weighted by atomic mass is 15.5. The number of aromatic nitrogens is 5. The molecule has 20 heavy (non-hydrogen) atoms. The van der Waals surface area contributed by atoms with Crippen molar-refractivity contribution in [3.63, 3.8) is 0 Å². The average Bonchev–Trinajstić information content (AvgIpc) is 3.17. The maximum atomic E-state index is 4.55. The molecule has 1 N–H and O–H groups in total. The molecule has 7 nitrogen and oxygen atoms in total. The molecule has 0 aliphatic carbocycles. The molecule has 0 spiro atoms. The van der Waals surface area contributed by atoms with Crippen LogP contribution in [0.5, 0.6) is 0 Å². The van der Waals surface area contributed by atoms with Crippen molar-refractivity contribution in [3.8, 4) is 0 Å². The lowest BCUT2D eigenvalue weighted by atomic mass is 10.4. The number of rotatable bonds is 5. The summed E-state index contributed by atoms with van der Waals surface area (Å²) >= 11 is 0. The molecular formula is C13H19N7. The normalized spacial score (nSPS) is 14.8. The van der Waals surface area contributed by atoms with E-state index in [1.807, 2.05) is 13.0 Å². The number of nitrogens with one attached hydrogen (secondary N) is 1. The Morgan fingerprint density at radius 3 is 2.90 bits per heavy atom. The van der Waals surface area contributed by atoms with Crippen molar-refractivity contribution in [3.05, 3.63) is 24.2 Å². The summed E-state index contributed by atoms with van der Waals surface area (Å²) in [6, 6.07) is 1.88. The van der Waals surface area contributed by atoms with E-state index in [9.17, 15) is 0 Å². The molecule has 1 saturated heterocycles. The second kappa shape index (κ2) is 5.85. The molecule has 7 heteroatoms. The Balaban J connectivity index is 1.63. The van der Waals surface area contributed by atoms with Gasteiger partial charge in [-0.2, -0.15) is 20.0 Å². The summed E-state index contributed by atoms with van der Waals surface area (Å²) < 4.78 is 0. The van der Waals surface area contributed by atoms with E-state index in [4.69, 9.17) is 0 Å². The smallest absolute Gasteiger partial charge is 0.227 e. The van der Waals surface area contributed by atoms with Crippen LogP contribution in [-0.4, -0.2) is 38.1 Å². The summed E-state index contributed by atoms with van der Waals surface area (Å²) in [5.41, 5.74) is 0.910. The van der Waals surface area contributed by atoms with E-state index in [0.717, 1.165) is 37.1 Å². The predicted molar refractivity (Wildman–Crippen MR) is 76.5 cm³/mol. The zero-order valence-electron chi connectivity index (χ0n) is 11.7. The van der Waals surface area contributed by atoms with Gasteiger partial charge in [0.2, 0.25) is 5.95 Å². The molecule has 1 aliphatic rings. The summed E-state index contributed by atoms with van der Waals surface area (Å²) in [7, 11) is 0. The van der Waals surface area contributed by atoms with Gasteiger partial charge in [-0.1, -0.05) is 0 Å². The lowest BCUT2D eigenvalue weighted by molar-refractivity contribution is 0.564. The first-order valence-electron chi connectivity index (χ1n) is 7.06. The quantitative estimate of drug-likeness (QED) is 0.885. The summed E-state index contributed by atoms with van der Waals surface area (Å²) in [5.74, 6) is 1.64. The molecule has 0 radical (unpaired) electrons. The van der Waals surface area contributed by atoms with Crippen molar-refractivity contribution in [2.75, 3.05) is 23.3 Å². The van der Waals surface area contributed by atoms with Gasteiger partial charge in [-0.25, -0.2) is 4.98 Å². The standard InChI is InChI=1S/C13H19N7/c1-2-20-16-10-11(18-20)9-15-12-5-6-14-13(17-12)19-7-3-4-8-19/h5-6,10H,2-4,7-9H2,1H3,(H,14,15,17). The fraction of sp³-hybridized carbons (Fsp3) is 0.538. The van der Waals surface area contributed by atoms with Crippen molar-refractivity contribution in [1.29, 1.82) is 0 Å². The van der Waals surface area contributed by atoms with Crippen molar-refractivity contribution >= 4 is 11.8 Å². The number of anilines is 2. The first kappa shape index (κ1) is 12.8. The molecular weight excluding hydrogens is 254 g/mol. The number of hydrogen-bond acceptors (Lipinski definition) is 6. The van der Waals surface area contributed by atoms with Gasteiger partial charge in [0.1, 0.15) is 11.5 Å². The van der Waals surface area contributed by atoms with Crippen molar-refractivity contribution in [1.82, 2.24) is 25.0 Å². The summed E-state index contributed by atoms with van der Waals surface area (Å²) in [4.78, 5) is 12.8. The lowest BCUT2D eigenvalue weighted by Gasteiger charge is -2.15. The Bertz CT molecular complexity index is 559. The third-order valence-electron chi connectivity index (χ3n) is 3.35. The largest absolute Gasteiger partial charge is 0.364 e. The van der Waals surface area contributed by atoms with Crippen LogP contribution < -0.4 is 10.2 Å². The first-order valence-corrected chi connectivity index (χ1v) is 7.06. The first-order chi connectivity index (χ1) is 9.85. The molecule has 106 valence electrons. The fourth-order valence-electron chi connectivity index (χ4n) is 2.26. The molecule has 2 aromatic rings. The highest BCUT2D eigenvalue weighted by Crippen LogP contribution is 2.16. The van der Waals surface area contributed by atoms with E-state index in [-0.39, 0.29) is 0 Å². The van der Waals surface area contributed by atoms with Crippen LogP contribution >= 0.6 is 0 Å². The fourth-order valence-corrected chi connectivity index (χ4v) is 2.26. The van der Waals surface area contributed by atoms with Crippen LogP contribution in [0.1, 0.15) is 25.5 Å². The van der Waals surface area contributed by atoms with Gasteiger partial charge in [0.05, 0.1) is 19.3 Å². The van der Waals surface area contributed by atoms with E-state index in [2.05, 4.69) is 30.4 Å². The lowest BCUT2D eigenvalue weighted by Crippen LogP contribution is -2.20. The van der Waals surface area contributed by atoms with Crippen LogP contribution in [0.2, 0.25) is 0 Å². The minimum Gasteiger partial charge on any atom is -0.364 e. The van der Waals surface area contributed by atoms with Crippen molar-refractivity contribution < 1.29 is 0 Å². The zero-order chi connectivity index (χ0) is 13.8. The topological polar surface area (TPSA) is 71.8 Å². The van der Waals surface area contributed by atoms with Crippen LogP contribution in [0.15, 0.2) is 18.5 Å². The van der Waals surface area contributed by atoms with Gasteiger partial charge in [-0.3, -0.25) is 0 Å². The van der Waals surface area contributed by atoms with Crippen LogP contribution in [0, 0.1) is 0 Å². The molecule has 3 rings (SSSR count). The summed E-state index contributed by atoms with van der Waals surface area (Å²) in [6.07, 6.45) is 6.02. The Hall–Kier alpha value is -2.18. The van der Waals surface area contributed by atoms with Crippen LogP contribution in [0.3, 0.4) is 0 Å². The number of hydrogen-bond donors (Lipinski definition) is 1. The number of nitrogens with zero attached hydrogens (tertiary/aromatic N) is 6. The van der Waals surface area contributed by atoms with Crippen LogP contribution in [0.25, 0.3) is 0 Å². The molecule has 0 atom stereocenters. The van der Waals surface area contributed by atoms with E-state index < -0.39 is 0 Å². The zero-order valence-corrected chi connectivity index (χ0v) is 11.7. The summed E-state index contributed by atoms with van der Waals surface area (Å²) in [5, 5.41) is 11.8. The van der Waals surface area contributed by atoms with Crippen LogP contribution in [-0.2, 0) is 13.1 Å². The third-order valence-corrected chi connectivity index (χ3v) is 3.35.